The number of carbonyl (C=O) groups is 2. The number of hydrogen-bond acceptors (Lipinski definition) is 3. The molecule has 0 aliphatic carbocycles. The van der Waals surface area contributed by atoms with Crippen molar-refractivity contribution in [2.45, 2.75) is 39.8 Å². The Hall–Kier alpha value is -1.06. The number of carbonyl (C=O) groups excluding carboxylic acids is 2. The average Bonchev–Trinajstić information content (AvgIpc) is 2.49. The van der Waals surface area contributed by atoms with Crippen molar-refractivity contribution < 1.29 is 14.3 Å². The van der Waals surface area contributed by atoms with E-state index in [2.05, 4.69) is 0 Å². The monoisotopic (exact) mass is 199 g/mol. The quantitative estimate of drug-likeness (QED) is 0.627. The molecular formula is C10H17NO3. The van der Waals surface area contributed by atoms with Gasteiger partial charge in [0.15, 0.2) is 6.23 Å². The van der Waals surface area contributed by atoms with Gasteiger partial charge in [0.1, 0.15) is 0 Å². The molecule has 4 nitrogen and oxygen atoms in total. The van der Waals surface area contributed by atoms with Crippen molar-refractivity contribution in [1.82, 2.24) is 4.90 Å². The Morgan fingerprint density at radius 2 is 2.07 bits per heavy atom. The number of esters is 1. The SMILES string of the molecule is CC(=O)O[C@@H]1CCCN1C(=O)C(C)C. The molecule has 0 radical (unpaired) electrons. The van der Waals surface area contributed by atoms with Crippen molar-refractivity contribution in [1.29, 1.82) is 0 Å². The summed E-state index contributed by atoms with van der Waals surface area (Å²) >= 11 is 0. The minimum absolute atomic E-state index is 0.0360. The third-order valence-corrected chi connectivity index (χ3v) is 2.28. The third kappa shape index (κ3) is 2.47. The first-order valence-corrected chi connectivity index (χ1v) is 5.00. The molecule has 1 saturated heterocycles. The number of amides is 1. The van der Waals surface area contributed by atoms with E-state index in [9.17, 15) is 9.59 Å². The van der Waals surface area contributed by atoms with Crippen LogP contribution in [0.4, 0.5) is 0 Å². The van der Waals surface area contributed by atoms with Gasteiger partial charge in [0.2, 0.25) is 5.91 Å². The summed E-state index contributed by atoms with van der Waals surface area (Å²) in [5, 5.41) is 0. The number of hydrogen-bond donors (Lipinski definition) is 0. The van der Waals surface area contributed by atoms with Crippen LogP contribution >= 0.6 is 0 Å². The summed E-state index contributed by atoms with van der Waals surface area (Å²) in [4.78, 5) is 24.1. The molecule has 80 valence electrons. The molecule has 0 bridgehead atoms. The van der Waals surface area contributed by atoms with Gasteiger partial charge in [-0.25, -0.2) is 0 Å². The Morgan fingerprint density at radius 1 is 1.43 bits per heavy atom. The van der Waals surface area contributed by atoms with Gasteiger partial charge in [-0.3, -0.25) is 9.59 Å². The fourth-order valence-electron chi connectivity index (χ4n) is 1.63. The first-order chi connectivity index (χ1) is 6.52. The first kappa shape index (κ1) is 11.0. The van der Waals surface area contributed by atoms with E-state index in [0.29, 0.717) is 6.54 Å². The normalized spacial score (nSPS) is 21.4. The topological polar surface area (TPSA) is 46.6 Å². The number of rotatable bonds is 2. The fourth-order valence-corrected chi connectivity index (χ4v) is 1.63. The summed E-state index contributed by atoms with van der Waals surface area (Å²) in [6, 6.07) is 0. The van der Waals surface area contributed by atoms with Crippen LogP contribution < -0.4 is 0 Å². The van der Waals surface area contributed by atoms with Gasteiger partial charge < -0.3 is 9.64 Å². The predicted octanol–water partition coefficient (Wildman–Crippen LogP) is 1.15. The molecule has 1 amide bonds. The van der Waals surface area contributed by atoms with Crippen molar-refractivity contribution in [3.05, 3.63) is 0 Å². The highest BCUT2D eigenvalue weighted by molar-refractivity contribution is 5.79. The smallest absolute Gasteiger partial charge is 0.304 e. The molecule has 4 heteroatoms. The van der Waals surface area contributed by atoms with Gasteiger partial charge in [0, 0.05) is 25.8 Å². The summed E-state index contributed by atoms with van der Waals surface area (Å²) in [6.07, 6.45) is 1.34. The van der Waals surface area contributed by atoms with Crippen LogP contribution in [0.15, 0.2) is 0 Å². The fraction of sp³-hybridized carbons (Fsp3) is 0.800. The lowest BCUT2D eigenvalue weighted by Crippen LogP contribution is -2.40. The van der Waals surface area contributed by atoms with Crippen LogP contribution in [-0.2, 0) is 14.3 Å². The van der Waals surface area contributed by atoms with Crippen LogP contribution in [-0.4, -0.2) is 29.5 Å². The molecule has 0 aromatic heterocycles. The second-order valence-corrected chi connectivity index (χ2v) is 3.89. The van der Waals surface area contributed by atoms with E-state index in [4.69, 9.17) is 4.74 Å². The minimum atomic E-state index is -0.331. The third-order valence-electron chi connectivity index (χ3n) is 2.28. The molecule has 1 rings (SSSR count). The molecule has 0 spiro atoms. The van der Waals surface area contributed by atoms with Crippen molar-refractivity contribution in [2.24, 2.45) is 5.92 Å². The maximum absolute atomic E-state index is 11.7. The Kier molecular flexibility index (Phi) is 3.49. The second kappa shape index (κ2) is 4.44. The molecule has 0 saturated carbocycles. The zero-order valence-electron chi connectivity index (χ0n) is 8.95. The average molecular weight is 199 g/mol. The van der Waals surface area contributed by atoms with E-state index >= 15 is 0 Å². The minimum Gasteiger partial charge on any atom is -0.442 e. The van der Waals surface area contributed by atoms with Crippen molar-refractivity contribution in [2.75, 3.05) is 6.54 Å². The molecule has 1 aliphatic rings. The molecule has 1 fully saturated rings. The van der Waals surface area contributed by atoms with E-state index in [1.54, 1.807) is 4.90 Å². The molecule has 0 aromatic rings. The van der Waals surface area contributed by atoms with E-state index in [1.807, 2.05) is 13.8 Å². The van der Waals surface area contributed by atoms with Crippen molar-refractivity contribution in [3.8, 4) is 0 Å². The van der Waals surface area contributed by atoms with Crippen LogP contribution in [0.25, 0.3) is 0 Å². The van der Waals surface area contributed by atoms with E-state index < -0.39 is 0 Å². The van der Waals surface area contributed by atoms with Gasteiger partial charge in [-0.1, -0.05) is 13.8 Å². The zero-order chi connectivity index (χ0) is 10.7. The van der Waals surface area contributed by atoms with Crippen LogP contribution in [0.2, 0.25) is 0 Å². The van der Waals surface area contributed by atoms with E-state index in [1.165, 1.54) is 6.92 Å². The lowest BCUT2D eigenvalue weighted by molar-refractivity contribution is -0.160. The highest BCUT2D eigenvalue weighted by atomic mass is 16.6. The maximum Gasteiger partial charge on any atom is 0.304 e. The summed E-state index contributed by atoms with van der Waals surface area (Å²) in [5.74, 6) is -0.293. The van der Waals surface area contributed by atoms with Gasteiger partial charge in [-0.05, 0) is 6.42 Å². The summed E-state index contributed by atoms with van der Waals surface area (Å²) < 4.78 is 5.06. The Bertz CT molecular complexity index is 238. The summed E-state index contributed by atoms with van der Waals surface area (Å²) in [5.41, 5.74) is 0. The molecule has 0 unspecified atom stereocenters. The van der Waals surface area contributed by atoms with Gasteiger partial charge in [0.05, 0.1) is 0 Å². The van der Waals surface area contributed by atoms with Crippen LogP contribution in [0, 0.1) is 5.92 Å². The summed E-state index contributed by atoms with van der Waals surface area (Å²) in [6.45, 7) is 5.78. The van der Waals surface area contributed by atoms with Crippen LogP contribution in [0.1, 0.15) is 33.6 Å². The largest absolute Gasteiger partial charge is 0.442 e. The molecule has 1 heterocycles. The van der Waals surface area contributed by atoms with Crippen LogP contribution in [0.3, 0.4) is 0 Å². The van der Waals surface area contributed by atoms with Crippen LogP contribution in [0.5, 0.6) is 0 Å². The lowest BCUT2D eigenvalue weighted by Gasteiger charge is -2.25. The highest BCUT2D eigenvalue weighted by Gasteiger charge is 2.31. The van der Waals surface area contributed by atoms with Crippen molar-refractivity contribution >= 4 is 11.9 Å². The Labute approximate surface area is 84.2 Å². The lowest BCUT2D eigenvalue weighted by atomic mass is 10.2. The molecule has 1 aliphatic heterocycles. The highest BCUT2D eigenvalue weighted by Crippen LogP contribution is 2.20. The van der Waals surface area contributed by atoms with Crippen molar-refractivity contribution in [3.63, 3.8) is 0 Å². The number of likely N-dealkylation sites (tertiary alicyclic amines) is 1. The first-order valence-electron chi connectivity index (χ1n) is 5.00. The molecule has 0 N–H and O–H groups in total. The van der Waals surface area contributed by atoms with Gasteiger partial charge in [0.25, 0.3) is 0 Å². The predicted molar refractivity (Wildman–Crippen MR) is 51.3 cm³/mol. The number of nitrogens with zero attached hydrogens (tertiary/aromatic N) is 1. The van der Waals surface area contributed by atoms with E-state index in [-0.39, 0.29) is 24.0 Å². The molecule has 1 atom stereocenters. The number of ether oxygens (including phenoxy) is 1. The molecule has 14 heavy (non-hydrogen) atoms. The van der Waals surface area contributed by atoms with Gasteiger partial charge in [-0.15, -0.1) is 0 Å². The zero-order valence-corrected chi connectivity index (χ0v) is 8.95. The standard InChI is InChI=1S/C10H17NO3/c1-7(2)10(13)11-6-4-5-9(11)14-8(3)12/h7,9H,4-6H2,1-3H3/t9-/m1/s1. The van der Waals surface area contributed by atoms with Gasteiger partial charge >= 0.3 is 5.97 Å². The summed E-state index contributed by atoms with van der Waals surface area (Å²) in [7, 11) is 0. The molecule has 0 aromatic carbocycles. The molecular weight excluding hydrogens is 182 g/mol. The second-order valence-electron chi connectivity index (χ2n) is 3.89. The van der Waals surface area contributed by atoms with E-state index in [0.717, 1.165) is 12.8 Å². The van der Waals surface area contributed by atoms with Gasteiger partial charge in [-0.2, -0.15) is 0 Å². The Morgan fingerprint density at radius 3 is 2.57 bits per heavy atom. The Balaban J connectivity index is 2.59. The maximum atomic E-state index is 11.7.